The molecule has 0 bridgehead atoms. The number of phosphoric ester groups is 1. The van der Waals surface area contributed by atoms with Gasteiger partial charge in [-0.25, -0.2) is 4.57 Å². The maximum Gasteiger partial charge on any atom is 0.527 e. The van der Waals surface area contributed by atoms with Gasteiger partial charge in [0, 0.05) is 11.0 Å². The molecule has 1 aromatic rings. The Morgan fingerprint density at radius 2 is 2.08 bits per heavy atom. The fourth-order valence-electron chi connectivity index (χ4n) is 3.35. The summed E-state index contributed by atoms with van der Waals surface area (Å²) >= 11 is 0. The maximum atomic E-state index is 12.0. The molecule has 0 radical (unpaired) electrons. The van der Waals surface area contributed by atoms with E-state index in [1.165, 1.54) is 5.57 Å². The zero-order valence-corrected chi connectivity index (χ0v) is 16.8. The van der Waals surface area contributed by atoms with E-state index in [2.05, 4.69) is 34.6 Å². The van der Waals surface area contributed by atoms with E-state index in [9.17, 15) is 9.46 Å². The Kier molecular flexibility index (Phi) is 5.87. The van der Waals surface area contributed by atoms with E-state index in [4.69, 9.17) is 19.0 Å². The molecule has 142 valence electrons. The van der Waals surface area contributed by atoms with Crippen LogP contribution >= 0.6 is 7.82 Å². The van der Waals surface area contributed by atoms with Crippen molar-refractivity contribution < 1.29 is 23.2 Å². The van der Waals surface area contributed by atoms with Crippen LogP contribution in [0, 0.1) is 22.2 Å². The van der Waals surface area contributed by atoms with Gasteiger partial charge in [-0.3, -0.25) is 9.42 Å². The van der Waals surface area contributed by atoms with E-state index in [0.29, 0.717) is 6.61 Å². The highest BCUT2D eigenvalue weighted by molar-refractivity contribution is 7.47. The molecule has 1 N–H and O–H groups in total. The normalized spacial score (nSPS) is 18.8. The molecule has 0 spiro atoms. The van der Waals surface area contributed by atoms with E-state index in [1.54, 1.807) is 18.2 Å². The van der Waals surface area contributed by atoms with Crippen LogP contribution in [0.4, 0.5) is 0 Å². The lowest BCUT2D eigenvalue weighted by Gasteiger charge is -2.30. The zero-order chi connectivity index (χ0) is 19.6. The fraction of sp³-hybridized carbons (Fsp3) is 0.526. The van der Waals surface area contributed by atoms with Gasteiger partial charge in [0.15, 0.2) is 0 Å². The Labute approximate surface area is 155 Å². The number of hydrogen-bond acceptors (Lipinski definition) is 5. The van der Waals surface area contributed by atoms with Crippen LogP contribution in [0.1, 0.15) is 46.6 Å². The predicted octanol–water partition coefficient (Wildman–Crippen LogP) is 4.91. The van der Waals surface area contributed by atoms with Gasteiger partial charge < -0.3 is 9.26 Å². The summed E-state index contributed by atoms with van der Waals surface area (Å²) in [5.74, 6) is 0.991. The summed E-state index contributed by atoms with van der Waals surface area (Å²) in [7, 11) is -4.28. The third-order valence-electron chi connectivity index (χ3n) is 4.02. The molecule has 1 aliphatic rings. The Balaban J connectivity index is 2.32. The number of ether oxygens (including phenoxy) is 1. The first-order chi connectivity index (χ1) is 12.0. The molecule has 26 heavy (non-hydrogen) atoms. The van der Waals surface area contributed by atoms with Crippen LogP contribution in [-0.4, -0.2) is 18.1 Å². The van der Waals surface area contributed by atoms with E-state index >= 15 is 0 Å². The van der Waals surface area contributed by atoms with Crippen molar-refractivity contribution in [2.24, 2.45) is 10.8 Å². The van der Waals surface area contributed by atoms with Gasteiger partial charge in [0.1, 0.15) is 11.5 Å². The molecule has 1 atom stereocenters. The second kappa shape index (κ2) is 7.44. The standard InChI is InChI=1S/C19H26NO5P/c1-18(2,3)17-16(23-13-19(17,4)5)14-8-6-9-15(12-14)25-26(21,22)24-11-7-10-20/h6,8-9,12H,7,11,13H2,1-5H3,(H,21,22). The first-order valence-electron chi connectivity index (χ1n) is 8.49. The molecular weight excluding hydrogens is 353 g/mol. The quantitative estimate of drug-likeness (QED) is 0.558. The summed E-state index contributed by atoms with van der Waals surface area (Å²) in [5.41, 5.74) is 1.80. The van der Waals surface area contributed by atoms with Crippen LogP contribution in [0.15, 0.2) is 29.8 Å². The summed E-state index contributed by atoms with van der Waals surface area (Å²) in [6, 6.07) is 8.71. The average Bonchev–Trinajstić information content (AvgIpc) is 2.82. The molecule has 0 aliphatic carbocycles. The smallest absolute Gasteiger partial charge is 0.492 e. The SMILES string of the molecule is CC(C)(C)C1=C(c2cccc(OP(=O)(O)OCCC#N)c2)OCC1(C)C. The van der Waals surface area contributed by atoms with Gasteiger partial charge in [0.25, 0.3) is 0 Å². The van der Waals surface area contributed by atoms with Gasteiger partial charge >= 0.3 is 7.82 Å². The van der Waals surface area contributed by atoms with Gasteiger partial charge in [-0.2, -0.15) is 5.26 Å². The molecule has 0 fully saturated rings. The largest absolute Gasteiger partial charge is 0.527 e. The van der Waals surface area contributed by atoms with Crippen molar-refractivity contribution in [3.05, 3.63) is 35.4 Å². The van der Waals surface area contributed by atoms with Crippen molar-refractivity contribution in [1.82, 2.24) is 0 Å². The van der Waals surface area contributed by atoms with E-state index in [0.717, 1.165) is 11.3 Å². The number of nitriles is 1. The first-order valence-corrected chi connectivity index (χ1v) is 9.98. The van der Waals surface area contributed by atoms with Crippen LogP contribution in [0.2, 0.25) is 0 Å². The van der Waals surface area contributed by atoms with E-state index < -0.39 is 7.82 Å². The number of phosphoric acid groups is 1. The minimum atomic E-state index is -4.28. The molecule has 1 heterocycles. The molecule has 2 rings (SSSR count). The summed E-state index contributed by atoms with van der Waals surface area (Å²) in [5, 5.41) is 8.48. The topological polar surface area (TPSA) is 88.8 Å². The summed E-state index contributed by atoms with van der Waals surface area (Å²) in [6.07, 6.45) is 0.0126. The summed E-state index contributed by atoms with van der Waals surface area (Å²) < 4.78 is 27.9. The molecule has 1 unspecified atom stereocenters. The molecule has 0 aromatic heterocycles. The minimum Gasteiger partial charge on any atom is -0.492 e. The van der Waals surface area contributed by atoms with E-state index in [-0.39, 0.29) is 29.6 Å². The van der Waals surface area contributed by atoms with Crippen LogP contribution in [0.3, 0.4) is 0 Å². The van der Waals surface area contributed by atoms with Crippen LogP contribution in [0.25, 0.3) is 5.76 Å². The van der Waals surface area contributed by atoms with Gasteiger partial charge in [0.05, 0.1) is 25.7 Å². The third kappa shape index (κ3) is 4.88. The minimum absolute atomic E-state index is 0.0126. The Morgan fingerprint density at radius 3 is 2.69 bits per heavy atom. The van der Waals surface area contributed by atoms with Gasteiger partial charge in [-0.15, -0.1) is 0 Å². The molecule has 7 heteroatoms. The van der Waals surface area contributed by atoms with Crippen molar-refractivity contribution in [3.63, 3.8) is 0 Å². The molecule has 0 saturated carbocycles. The molecule has 1 aromatic carbocycles. The maximum absolute atomic E-state index is 12.0. The van der Waals surface area contributed by atoms with Crippen molar-refractivity contribution in [2.75, 3.05) is 13.2 Å². The fourth-order valence-corrected chi connectivity index (χ4v) is 4.10. The van der Waals surface area contributed by atoms with Gasteiger partial charge in [0.2, 0.25) is 0 Å². The van der Waals surface area contributed by atoms with Gasteiger partial charge in [-0.1, -0.05) is 46.8 Å². The average molecular weight is 379 g/mol. The van der Waals surface area contributed by atoms with Crippen molar-refractivity contribution in [2.45, 2.75) is 41.0 Å². The summed E-state index contributed by atoms with van der Waals surface area (Å²) in [6.45, 7) is 11.1. The Hall–Kier alpha value is -1.80. The van der Waals surface area contributed by atoms with Crippen molar-refractivity contribution >= 4 is 13.6 Å². The third-order valence-corrected chi connectivity index (χ3v) is 4.97. The second-order valence-electron chi connectivity index (χ2n) is 7.96. The summed E-state index contributed by atoms with van der Waals surface area (Å²) in [4.78, 5) is 9.77. The van der Waals surface area contributed by atoms with Crippen LogP contribution in [0.5, 0.6) is 5.75 Å². The van der Waals surface area contributed by atoms with Crippen molar-refractivity contribution in [1.29, 1.82) is 5.26 Å². The molecule has 0 saturated heterocycles. The molecule has 0 amide bonds. The monoisotopic (exact) mass is 379 g/mol. The molecule has 1 aliphatic heterocycles. The highest BCUT2D eigenvalue weighted by Gasteiger charge is 2.41. The van der Waals surface area contributed by atoms with Crippen LogP contribution < -0.4 is 4.52 Å². The number of hydrogen-bond donors (Lipinski definition) is 1. The number of benzene rings is 1. The van der Waals surface area contributed by atoms with E-state index in [1.807, 2.05) is 12.1 Å². The highest BCUT2D eigenvalue weighted by atomic mass is 31.2. The highest BCUT2D eigenvalue weighted by Crippen LogP contribution is 2.50. The molecular formula is C19H26NO5P. The zero-order valence-electron chi connectivity index (χ0n) is 15.9. The number of nitrogens with zero attached hydrogens (tertiary/aromatic N) is 1. The van der Waals surface area contributed by atoms with Crippen molar-refractivity contribution in [3.8, 4) is 11.8 Å². The lowest BCUT2D eigenvalue weighted by molar-refractivity contribution is 0.207. The first kappa shape index (κ1) is 20.5. The molecule has 6 nitrogen and oxygen atoms in total. The number of rotatable bonds is 6. The second-order valence-corrected chi connectivity index (χ2v) is 9.33. The predicted molar refractivity (Wildman–Crippen MR) is 99.2 cm³/mol. The Morgan fingerprint density at radius 1 is 1.38 bits per heavy atom. The lowest BCUT2D eigenvalue weighted by Crippen LogP contribution is -2.24. The lowest BCUT2D eigenvalue weighted by atomic mass is 9.71. The Bertz CT molecular complexity index is 786. The van der Waals surface area contributed by atoms with Gasteiger partial charge in [-0.05, 0) is 23.1 Å². The van der Waals surface area contributed by atoms with Crippen LogP contribution in [-0.2, 0) is 13.8 Å².